The fraction of sp³-hybridized carbons (Fsp3) is 0.500. The van der Waals surface area contributed by atoms with Crippen LogP contribution in [0.25, 0.3) is 0 Å². The Morgan fingerprint density at radius 2 is 1.88 bits per heavy atom. The number of carbonyl (C=O) groups is 1. The number of hydrogen-bond donors (Lipinski definition) is 2. The van der Waals surface area contributed by atoms with Gasteiger partial charge in [0.1, 0.15) is 11.3 Å². The molecule has 1 aliphatic carbocycles. The van der Waals surface area contributed by atoms with Gasteiger partial charge in [-0.2, -0.15) is 0 Å². The van der Waals surface area contributed by atoms with Crippen LogP contribution in [0.15, 0.2) is 12.1 Å². The molecule has 1 fully saturated rings. The second-order valence-corrected chi connectivity index (χ2v) is 4.89. The minimum Gasteiger partial charge on any atom is -0.507 e. The molecule has 0 bridgehead atoms. The first-order valence-electron chi connectivity index (χ1n) is 6.16. The van der Waals surface area contributed by atoms with Crippen molar-refractivity contribution >= 4 is 5.97 Å². The molecule has 0 aliphatic heterocycles. The van der Waals surface area contributed by atoms with Gasteiger partial charge in [0.05, 0.1) is 0 Å². The highest BCUT2D eigenvalue weighted by Crippen LogP contribution is 2.39. The molecule has 1 aromatic rings. The van der Waals surface area contributed by atoms with Crippen molar-refractivity contribution in [1.82, 2.24) is 0 Å². The number of hydrogen-bond acceptors (Lipinski definition) is 2. The van der Waals surface area contributed by atoms with Crippen molar-refractivity contribution in [1.29, 1.82) is 0 Å². The van der Waals surface area contributed by atoms with Gasteiger partial charge in [-0.05, 0) is 42.9 Å². The molecule has 1 aromatic carbocycles. The molecule has 0 aromatic heterocycles. The molecule has 92 valence electrons. The van der Waals surface area contributed by atoms with Crippen LogP contribution < -0.4 is 0 Å². The maximum absolute atomic E-state index is 11.0. The first-order chi connectivity index (χ1) is 8.09. The van der Waals surface area contributed by atoms with Crippen molar-refractivity contribution in [3.05, 3.63) is 28.8 Å². The van der Waals surface area contributed by atoms with E-state index in [0.29, 0.717) is 5.92 Å². The van der Waals surface area contributed by atoms with Gasteiger partial charge in [-0.15, -0.1) is 0 Å². The minimum atomic E-state index is -1.05. The fourth-order valence-electron chi connectivity index (χ4n) is 2.69. The van der Waals surface area contributed by atoms with Gasteiger partial charge in [0.2, 0.25) is 0 Å². The van der Waals surface area contributed by atoms with E-state index in [1.54, 1.807) is 0 Å². The Bertz CT molecular complexity index is 431. The molecule has 2 rings (SSSR count). The number of aryl methyl sites for hydroxylation is 1. The van der Waals surface area contributed by atoms with Crippen LogP contribution in [0.5, 0.6) is 5.75 Å². The van der Waals surface area contributed by atoms with E-state index in [-0.39, 0.29) is 11.3 Å². The average Bonchev–Trinajstić information content (AvgIpc) is 2.32. The average molecular weight is 234 g/mol. The maximum Gasteiger partial charge on any atom is 0.339 e. The van der Waals surface area contributed by atoms with Gasteiger partial charge in [-0.1, -0.05) is 25.3 Å². The van der Waals surface area contributed by atoms with Crippen LogP contribution in [0.2, 0.25) is 0 Å². The first-order valence-corrected chi connectivity index (χ1v) is 6.16. The summed E-state index contributed by atoms with van der Waals surface area (Å²) in [5.41, 5.74) is 1.76. The van der Waals surface area contributed by atoms with E-state index < -0.39 is 5.97 Å². The molecule has 3 heteroatoms. The van der Waals surface area contributed by atoms with Crippen LogP contribution in [-0.2, 0) is 0 Å². The second kappa shape index (κ2) is 4.78. The monoisotopic (exact) mass is 234 g/mol. The summed E-state index contributed by atoms with van der Waals surface area (Å²) < 4.78 is 0. The molecule has 0 saturated heterocycles. The molecule has 0 unspecified atom stereocenters. The molecule has 1 saturated carbocycles. The molecule has 0 amide bonds. The SMILES string of the molecule is Cc1cc(C(=O)O)c(O)c(C2CCCCC2)c1. The summed E-state index contributed by atoms with van der Waals surface area (Å²) in [6.07, 6.45) is 5.68. The number of rotatable bonds is 2. The molecule has 1 aliphatic rings. The van der Waals surface area contributed by atoms with Crippen LogP contribution >= 0.6 is 0 Å². The summed E-state index contributed by atoms with van der Waals surface area (Å²) in [6, 6.07) is 3.46. The smallest absolute Gasteiger partial charge is 0.339 e. The number of phenols is 1. The largest absolute Gasteiger partial charge is 0.507 e. The molecule has 0 spiro atoms. The normalized spacial score (nSPS) is 17.0. The third-order valence-electron chi connectivity index (χ3n) is 3.56. The summed E-state index contributed by atoms with van der Waals surface area (Å²) in [5, 5.41) is 19.1. The lowest BCUT2D eigenvalue weighted by Crippen LogP contribution is -2.08. The third kappa shape index (κ3) is 2.43. The number of carboxylic acids is 1. The van der Waals surface area contributed by atoms with Gasteiger partial charge in [-0.3, -0.25) is 0 Å². The van der Waals surface area contributed by atoms with Crippen LogP contribution in [0.3, 0.4) is 0 Å². The van der Waals surface area contributed by atoms with Gasteiger partial charge in [-0.25, -0.2) is 4.79 Å². The Hall–Kier alpha value is -1.51. The van der Waals surface area contributed by atoms with Gasteiger partial charge in [0, 0.05) is 0 Å². The minimum absolute atomic E-state index is 0.0324. The van der Waals surface area contributed by atoms with Crippen LogP contribution in [0.1, 0.15) is 59.5 Å². The van der Waals surface area contributed by atoms with Crippen molar-refractivity contribution in [3.8, 4) is 5.75 Å². The molecule has 0 atom stereocenters. The number of aromatic carboxylic acids is 1. The molecular weight excluding hydrogens is 216 g/mol. The lowest BCUT2D eigenvalue weighted by atomic mass is 9.82. The van der Waals surface area contributed by atoms with Gasteiger partial charge in [0.25, 0.3) is 0 Å². The highest BCUT2D eigenvalue weighted by molar-refractivity contribution is 5.91. The van der Waals surface area contributed by atoms with Crippen molar-refractivity contribution in [2.24, 2.45) is 0 Å². The highest BCUT2D eigenvalue weighted by Gasteiger charge is 2.22. The van der Waals surface area contributed by atoms with E-state index in [2.05, 4.69) is 0 Å². The summed E-state index contributed by atoms with van der Waals surface area (Å²) in [4.78, 5) is 11.0. The number of aromatic hydroxyl groups is 1. The van der Waals surface area contributed by atoms with E-state index in [0.717, 1.165) is 24.0 Å². The lowest BCUT2D eigenvalue weighted by molar-refractivity contribution is 0.0693. The fourth-order valence-corrected chi connectivity index (χ4v) is 2.69. The van der Waals surface area contributed by atoms with Gasteiger partial charge >= 0.3 is 5.97 Å². The number of carboxylic acid groups (broad SMARTS) is 1. The zero-order valence-electron chi connectivity index (χ0n) is 10.1. The Balaban J connectivity index is 2.41. The molecule has 0 radical (unpaired) electrons. The maximum atomic E-state index is 11.0. The Labute approximate surface area is 101 Å². The van der Waals surface area contributed by atoms with Crippen LogP contribution in [0, 0.1) is 6.92 Å². The summed E-state index contributed by atoms with van der Waals surface area (Å²) >= 11 is 0. The molecule has 3 nitrogen and oxygen atoms in total. The molecule has 2 N–H and O–H groups in total. The van der Waals surface area contributed by atoms with Crippen molar-refractivity contribution in [2.75, 3.05) is 0 Å². The Morgan fingerprint density at radius 1 is 1.24 bits per heavy atom. The zero-order valence-corrected chi connectivity index (χ0v) is 10.1. The topological polar surface area (TPSA) is 57.5 Å². The van der Waals surface area contributed by atoms with E-state index >= 15 is 0 Å². The second-order valence-electron chi connectivity index (χ2n) is 4.89. The predicted molar refractivity (Wildman–Crippen MR) is 65.6 cm³/mol. The summed E-state index contributed by atoms with van der Waals surface area (Å²) in [7, 11) is 0. The van der Waals surface area contributed by atoms with E-state index in [9.17, 15) is 9.90 Å². The predicted octanol–water partition coefficient (Wildman–Crippen LogP) is 3.45. The van der Waals surface area contributed by atoms with Gasteiger partial charge in [0.15, 0.2) is 0 Å². The van der Waals surface area contributed by atoms with E-state index in [1.165, 1.54) is 25.3 Å². The van der Waals surface area contributed by atoms with Gasteiger partial charge < -0.3 is 10.2 Å². The van der Waals surface area contributed by atoms with Crippen molar-refractivity contribution < 1.29 is 15.0 Å². The summed E-state index contributed by atoms with van der Waals surface area (Å²) in [6.45, 7) is 1.87. The van der Waals surface area contributed by atoms with Crippen LogP contribution in [0.4, 0.5) is 0 Å². The standard InChI is InChI=1S/C14H18O3/c1-9-7-11(10-5-3-2-4-6-10)13(15)12(8-9)14(16)17/h7-8,10,15H,2-6H2,1H3,(H,16,17). The lowest BCUT2D eigenvalue weighted by Gasteiger charge is -2.23. The van der Waals surface area contributed by atoms with Crippen LogP contribution in [-0.4, -0.2) is 16.2 Å². The molecule has 17 heavy (non-hydrogen) atoms. The quantitative estimate of drug-likeness (QED) is 0.824. The van der Waals surface area contributed by atoms with E-state index in [4.69, 9.17) is 5.11 Å². The molecule has 0 heterocycles. The Morgan fingerprint density at radius 3 is 2.47 bits per heavy atom. The Kier molecular flexibility index (Phi) is 3.36. The zero-order chi connectivity index (χ0) is 12.4. The third-order valence-corrected chi connectivity index (χ3v) is 3.56. The molecular formula is C14H18O3. The highest BCUT2D eigenvalue weighted by atomic mass is 16.4. The summed E-state index contributed by atoms with van der Waals surface area (Å²) in [5.74, 6) is -0.764. The van der Waals surface area contributed by atoms with Crippen molar-refractivity contribution in [2.45, 2.75) is 44.9 Å². The number of benzene rings is 1. The first kappa shape index (κ1) is 12.0. The van der Waals surface area contributed by atoms with E-state index in [1.807, 2.05) is 13.0 Å². The van der Waals surface area contributed by atoms with Crippen molar-refractivity contribution in [3.63, 3.8) is 0 Å².